The summed E-state index contributed by atoms with van der Waals surface area (Å²) in [5, 5.41) is 3.49. The molecule has 0 aromatic heterocycles. The molecule has 0 aliphatic heterocycles. The zero-order valence-electron chi connectivity index (χ0n) is 23.6. The van der Waals surface area contributed by atoms with Crippen molar-refractivity contribution in [3.05, 3.63) is 94.5 Å². The van der Waals surface area contributed by atoms with E-state index in [1.54, 1.807) is 48.5 Å². The summed E-state index contributed by atoms with van der Waals surface area (Å²) >= 11 is 6.08. The molecule has 0 bridgehead atoms. The van der Waals surface area contributed by atoms with Crippen LogP contribution in [0.15, 0.2) is 77.7 Å². The van der Waals surface area contributed by atoms with Gasteiger partial charge in [0.15, 0.2) is 0 Å². The van der Waals surface area contributed by atoms with Gasteiger partial charge in [0.1, 0.15) is 12.6 Å². The van der Waals surface area contributed by atoms with Crippen LogP contribution in [0.1, 0.15) is 49.8 Å². The first-order chi connectivity index (χ1) is 19.1. The van der Waals surface area contributed by atoms with Gasteiger partial charge in [0.25, 0.3) is 10.0 Å². The molecule has 7 nitrogen and oxygen atoms in total. The van der Waals surface area contributed by atoms with E-state index >= 15 is 0 Å². The largest absolute Gasteiger partial charge is 0.354 e. The number of amides is 2. The Hall–Kier alpha value is -3.36. The topological polar surface area (TPSA) is 86.8 Å². The van der Waals surface area contributed by atoms with Crippen molar-refractivity contribution in [1.82, 2.24) is 10.2 Å². The minimum absolute atomic E-state index is 0.0808. The lowest BCUT2D eigenvalue weighted by molar-refractivity contribution is -0.140. The van der Waals surface area contributed by atoms with E-state index in [1.807, 2.05) is 39.8 Å². The molecule has 0 spiro atoms. The third kappa shape index (κ3) is 7.86. The molecule has 1 N–H and O–H groups in total. The lowest BCUT2D eigenvalue weighted by atomic mass is 10.1. The Morgan fingerprint density at radius 3 is 2.25 bits per heavy atom. The van der Waals surface area contributed by atoms with E-state index in [0.717, 1.165) is 28.3 Å². The third-order valence-electron chi connectivity index (χ3n) is 6.73. The molecule has 0 saturated carbocycles. The van der Waals surface area contributed by atoms with Crippen molar-refractivity contribution < 1.29 is 18.0 Å². The fraction of sp³-hybridized carbons (Fsp3) is 0.355. The molecule has 0 radical (unpaired) electrons. The Labute approximate surface area is 243 Å². The second kappa shape index (κ2) is 14.3. The lowest BCUT2D eigenvalue weighted by Gasteiger charge is -2.33. The van der Waals surface area contributed by atoms with Crippen LogP contribution >= 0.6 is 11.6 Å². The van der Waals surface area contributed by atoms with Crippen molar-refractivity contribution in [1.29, 1.82) is 0 Å². The SMILES string of the molecule is CCCCNC(=O)[C@@H](CC)N(Cc1ccc(Cl)cc1)C(=O)CN(c1cc(C)ccc1C)S(=O)(=O)c1ccccc1. The molecule has 0 aliphatic carbocycles. The second-order valence-electron chi connectivity index (χ2n) is 9.83. The molecule has 0 saturated heterocycles. The summed E-state index contributed by atoms with van der Waals surface area (Å²) in [4.78, 5) is 28.9. The Bertz CT molecular complexity index is 1400. The molecule has 9 heteroatoms. The highest BCUT2D eigenvalue weighted by molar-refractivity contribution is 7.92. The number of rotatable bonds is 13. The first kappa shape index (κ1) is 31.2. The molecule has 2 amide bonds. The van der Waals surface area contributed by atoms with Crippen LogP contribution in [0.3, 0.4) is 0 Å². The fourth-order valence-electron chi connectivity index (χ4n) is 4.43. The van der Waals surface area contributed by atoms with Gasteiger partial charge in [-0.2, -0.15) is 0 Å². The highest BCUT2D eigenvalue weighted by Gasteiger charge is 2.34. The molecule has 3 rings (SSSR count). The van der Waals surface area contributed by atoms with Crippen LogP contribution in [-0.4, -0.2) is 44.3 Å². The summed E-state index contributed by atoms with van der Waals surface area (Å²) in [6.45, 7) is 7.73. The molecular weight excluding hydrogens is 546 g/mol. The van der Waals surface area contributed by atoms with Crippen LogP contribution in [-0.2, 0) is 26.2 Å². The smallest absolute Gasteiger partial charge is 0.264 e. The van der Waals surface area contributed by atoms with Gasteiger partial charge in [-0.1, -0.05) is 74.3 Å². The summed E-state index contributed by atoms with van der Waals surface area (Å²) in [5.74, 6) is -0.740. The molecule has 0 fully saturated rings. The van der Waals surface area contributed by atoms with Crippen molar-refractivity contribution in [2.75, 3.05) is 17.4 Å². The number of halogens is 1. The first-order valence-electron chi connectivity index (χ1n) is 13.5. The summed E-state index contributed by atoms with van der Waals surface area (Å²) in [7, 11) is -4.10. The van der Waals surface area contributed by atoms with Crippen LogP contribution in [0.25, 0.3) is 0 Å². The van der Waals surface area contributed by atoms with Gasteiger partial charge in [0, 0.05) is 18.1 Å². The molecule has 3 aromatic carbocycles. The predicted octanol–water partition coefficient (Wildman–Crippen LogP) is 5.88. The number of sulfonamides is 1. The Balaban J connectivity index is 2.06. The van der Waals surface area contributed by atoms with Crippen LogP contribution in [0.2, 0.25) is 5.02 Å². The summed E-state index contributed by atoms with van der Waals surface area (Å²) in [6.07, 6.45) is 2.11. The number of anilines is 1. The highest BCUT2D eigenvalue weighted by Crippen LogP contribution is 2.28. The molecule has 3 aromatic rings. The molecule has 40 heavy (non-hydrogen) atoms. The van der Waals surface area contributed by atoms with Gasteiger partial charge < -0.3 is 10.2 Å². The van der Waals surface area contributed by atoms with Gasteiger partial charge in [-0.15, -0.1) is 0 Å². The maximum absolute atomic E-state index is 14.1. The van der Waals surface area contributed by atoms with Gasteiger partial charge >= 0.3 is 0 Å². The minimum Gasteiger partial charge on any atom is -0.354 e. The van der Waals surface area contributed by atoms with E-state index in [2.05, 4.69) is 5.32 Å². The number of unbranched alkanes of at least 4 members (excludes halogenated alkanes) is 1. The van der Waals surface area contributed by atoms with Crippen LogP contribution < -0.4 is 9.62 Å². The van der Waals surface area contributed by atoms with E-state index in [0.29, 0.717) is 29.2 Å². The molecular formula is C31H38ClN3O4S. The van der Waals surface area contributed by atoms with E-state index in [-0.39, 0.29) is 17.3 Å². The van der Waals surface area contributed by atoms with E-state index < -0.39 is 28.5 Å². The number of carbonyl (C=O) groups is 2. The molecule has 0 unspecified atom stereocenters. The quantitative estimate of drug-likeness (QED) is 0.255. The Morgan fingerprint density at radius 1 is 0.950 bits per heavy atom. The van der Waals surface area contributed by atoms with Crippen molar-refractivity contribution in [2.45, 2.75) is 64.4 Å². The molecule has 1 atom stereocenters. The van der Waals surface area contributed by atoms with Crippen LogP contribution in [0, 0.1) is 13.8 Å². The number of aryl methyl sites for hydroxylation is 2. The number of hydrogen-bond acceptors (Lipinski definition) is 4. The Morgan fingerprint density at radius 2 is 1.62 bits per heavy atom. The van der Waals surface area contributed by atoms with Gasteiger partial charge in [0.05, 0.1) is 10.6 Å². The van der Waals surface area contributed by atoms with Gasteiger partial charge in [-0.3, -0.25) is 13.9 Å². The van der Waals surface area contributed by atoms with Crippen molar-refractivity contribution in [3.8, 4) is 0 Å². The zero-order chi connectivity index (χ0) is 29.3. The number of nitrogens with one attached hydrogen (secondary N) is 1. The number of nitrogens with zero attached hydrogens (tertiary/aromatic N) is 2. The lowest BCUT2D eigenvalue weighted by Crippen LogP contribution is -2.52. The maximum atomic E-state index is 14.1. The van der Waals surface area contributed by atoms with Gasteiger partial charge in [-0.05, 0) is 73.7 Å². The first-order valence-corrected chi connectivity index (χ1v) is 15.4. The van der Waals surface area contributed by atoms with Crippen LogP contribution in [0.5, 0.6) is 0 Å². The van der Waals surface area contributed by atoms with Crippen molar-refractivity contribution >= 4 is 39.1 Å². The molecule has 0 aliphatic rings. The molecule has 214 valence electrons. The summed E-state index contributed by atoms with van der Waals surface area (Å²) in [6, 6.07) is 19.8. The zero-order valence-corrected chi connectivity index (χ0v) is 25.1. The van der Waals surface area contributed by atoms with Gasteiger partial charge in [-0.25, -0.2) is 8.42 Å². The van der Waals surface area contributed by atoms with E-state index in [9.17, 15) is 18.0 Å². The number of hydrogen-bond donors (Lipinski definition) is 1. The number of carbonyl (C=O) groups excluding carboxylic acids is 2. The molecule has 0 heterocycles. The Kier molecular flexibility index (Phi) is 11.2. The highest BCUT2D eigenvalue weighted by atomic mass is 35.5. The third-order valence-corrected chi connectivity index (χ3v) is 8.75. The minimum atomic E-state index is -4.10. The average molecular weight is 584 g/mol. The van der Waals surface area contributed by atoms with Crippen molar-refractivity contribution in [3.63, 3.8) is 0 Å². The van der Waals surface area contributed by atoms with Gasteiger partial charge in [0.2, 0.25) is 11.8 Å². The normalized spacial score (nSPS) is 12.0. The maximum Gasteiger partial charge on any atom is 0.264 e. The van der Waals surface area contributed by atoms with E-state index in [4.69, 9.17) is 11.6 Å². The van der Waals surface area contributed by atoms with Crippen molar-refractivity contribution in [2.24, 2.45) is 0 Å². The van der Waals surface area contributed by atoms with E-state index in [1.165, 1.54) is 17.0 Å². The predicted molar refractivity (Wildman–Crippen MR) is 161 cm³/mol. The summed E-state index contributed by atoms with van der Waals surface area (Å²) in [5.41, 5.74) is 2.78. The second-order valence-corrected chi connectivity index (χ2v) is 12.1. The standard InChI is InChI=1S/C31H38ClN3O4S/c1-5-7-19-33-31(37)28(6-2)34(21-25-15-17-26(32)18-16-25)30(36)22-35(29-20-23(3)13-14-24(29)4)40(38,39)27-11-9-8-10-12-27/h8-18,20,28H,5-7,19,21-22H2,1-4H3,(H,33,37)/t28-/m1/s1. The summed E-state index contributed by atoms with van der Waals surface area (Å²) < 4.78 is 29.1. The number of benzene rings is 3. The van der Waals surface area contributed by atoms with Crippen LogP contribution in [0.4, 0.5) is 5.69 Å². The monoisotopic (exact) mass is 583 g/mol. The fourth-order valence-corrected chi connectivity index (χ4v) is 6.05. The average Bonchev–Trinajstić information content (AvgIpc) is 2.94.